The topological polar surface area (TPSA) is 37.0 Å². The molecule has 0 bridgehead atoms. The van der Waals surface area contributed by atoms with E-state index >= 15 is 0 Å². The highest BCUT2D eigenvalue weighted by Crippen LogP contribution is 2.48. The molecule has 2 aliphatic heterocycles. The van der Waals surface area contributed by atoms with Gasteiger partial charge >= 0.3 is 7.25 Å². The maximum Gasteiger partial charge on any atom is 0.673 e. The number of hydrogen-bond donors (Lipinski definition) is 0. The molecule has 0 saturated heterocycles. The molecule has 0 fully saturated rings. The molecule has 3 heterocycles. The number of anilines is 1. The summed E-state index contributed by atoms with van der Waals surface area (Å²) >= 11 is 0. The summed E-state index contributed by atoms with van der Waals surface area (Å²) < 4.78 is 43.5. The molecule has 5 nitrogen and oxygen atoms in total. The molecule has 50 heavy (non-hydrogen) atoms. The Hall–Kier alpha value is -4.21. The normalized spacial score (nSPS) is 19.8. The molecule has 2 aromatic carbocycles. The van der Waals surface area contributed by atoms with E-state index in [0.29, 0.717) is 0 Å². The molecular formula is C40H50BF4N5. The Kier molecular flexibility index (Phi) is 11.4. The number of nitrogens with zero attached hydrogens (tertiary/aromatic N) is 5. The van der Waals surface area contributed by atoms with Gasteiger partial charge in [-0.3, -0.25) is 0 Å². The van der Waals surface area contributed by atoms with Gasteiger partial charge in [0.25, 0.3) is 0 Å². The second kappa shape index (κ2) is 15.4. The number of fused-ring (bicyclic) bond motifs is 2. The van der Waals surface area contributed by atoms with Crippen LogP contribution in [-0.4, -0.2) is 45.4 Å². The molecule has 6 rings (SSSR count). The van der Waals surface area contributed by atoms with Gasteiger partial charge in [0, 0.05) is 47.5 Å². The van der Waals surface area contributed by atoms with Crippen LogP contribution in [-0.2, 0) is 10.8 Å². The highest BCUT2D eigenvalue weighted by molar-refractivity contribution is 6.50. The van der Waals surface area contributed by atoms with E-state index in [9.17, 15) is 17.3 Å². The number of rotatable bonds is 10. The fourth-order valence-electron chi connectivity index (χ4n) is 7.61. The second-order valence-electron chi connectivity index (χ2n) is 14.3. The first-order valence-corrected chi connectivity index (χ1v) is 18.0. The van der Waals surface area contributed by atoms with E-state index in [0.717, 1.165) is 32.4 Å². The molecule has 3 aliphatic rings. The van der Waals surface area contributed by atoms with Crippen LogP contribution in [0.2, 0.25) is 0 Å². The van der Waals surface area contributed by atoms with Crippen molar-refractivity contribution in [2.45, 2.75) is 97.3 Å². The van der Waals surface area contributed by atoms with E-state index in [1.165, 1.54) is 76.4 Å². The minimum Gasteiger partial charge on any atom is -0.418 e. The minimum atomic E-state index is -6.00. The second-order valence-corrected chi connectivity index (χ2v) is 14.3. The minimum absolute atomic E-state index is 0.0580. The molecule has 1 aromatic heterocycles. The average Bonchev–Trinajstić information content (AvgIpc) is 3.73. The van der Waals surface area contributed by atoms with Crippen molar-refractivity contribution in [2.24, 2.45) is 0 Å². The van der Waals surface area contributed by atoms with Gasteiger partial charge in [0.05, 0.1) is 11.1 Å². The highest BCUT2D eigenvalue weighted by Gasteiger charge is 2.44. The summed E-state index contributed by atoms with van der Waals surface area (Å²) in [5.74, 6) is 0. The highest BCUT2D eigenvalue weighted by atomic mass is 19.5. The molecule has 0 N–H and O–H groups in total. The van der Waals surface area contributed by atoms with E-state index in [-0.39, 0.29) is 10.8 Å². The largest absolute Gasteiger partial charge is 0.673 e. The smallest absolute Gasteiger partial charge is 0.418 e. The van der Waals surface area contributed by atoms with Crippen LogP contribution in [0.1, 0.15) is 97.6 Å². The predicted molar refractivity (Wildman–Crippen MR) is 198 cm³/mol. The number of hydrogen-bond acceptors (Lipinski definition) is 3. The van der Waals surface area contributed by atoms with Crippen LogP contribution >= 0.6 is 0 Å². The summed E-state index contributed by atoms with van der Waals surface area (Å²) in [7, 11) is -6.00. The average molecular weight is 688 g/mol. The van der Waals surface area contributed by atoms with Gasteiger partial charge in [0.15, 0.2) is 5.71 Å². The Bertz CT molecular complexity index is 1810. The van der Waals surface area contributed by atoms with E-state index < -0.39 is 7.25 Å². The Labute approximate surface area is 294 Å². The zero-order valence-corrected chi connectivity index (χ0v) is 30.3. The molecule has 0 unspecified atom stereocenters. The van der Waals surface area contributed by atoms with Crippen molar-refractivity contribution in [3.63, 3.8) is 0 Å². The number of para-hydroxylation sites is 2. The number of halogens is 4. The van der Waals surface area contributed by atoms with Crippen LogP contribution in [0.25, 0.3) is 5.70 Å². The lowest BCUT2D eigenvalue weighted by Gasteiger charge is -2.27. The first kappa shape index (κ1) is 37.1. The number of allylic oxidation sites excluding steroid dienone is 8. The summed E-state index contributed by atoms with van der Waals surface area (Å²) in [5.41, 5.74) is 12.0. The Balaban J connectivity index is 0.000000908. The summed E-state index contributed by atoms with van der Waals surface area (Å²) in [5, 5.41) is 4.66. The number of unbranched alkanes of at least 4 members (excludes halogenated alkanes) is 2. The lowest BCUT2D eigenvalue weighted by Crippen LogP contribution is -2.28. The Morgan fingerprint density at radius 2 is 1.52 bits per heavy atom. The van der Waals surface area contributed by atoms with Crippen LogP contribution in [0, 0.1) is 0 Å². The number of aromatic nitrogens is 3. The lowest BCUT2D eigenvalue weighted by atomic mass is 9.81. The van der Waals surface area contributed by atoms with Crippen molar-refractivity contribution in [1.82, 2.24) is 14.8 Å². The van der Waals surface area contributed by atoms with Gasteiger partial charge in [0.1, 0.15) is 19.2 Å². The van der Waals surface area contributed by atoms with Crippen LogP contribution in [0.5, 0.6) is 0 Å². The van der Waals surface area contributed by atoms with Crippen molar-refractivity contribution in [3.05, 3.63) is 113 Å². The summed E-state index contributed by atoms with van der Waals surface area (Å²) in [6, 6.07) is 17.9. The molecular weight excluding hydrogens is 637 g/mol. The van der Waals surface area contributed by atoms with E-state index in [1.54, 1.807) is 6.33 Å². The van der Waals surface area contributed by atoms with Crippen LogP contribution in [0.4, 0.5) is 28.6 Å². The molecule has 3 aromatic rings. The zero-order chi connectivity index (χ0) is 36.1. The molecule has 0 amide bonds. The zero-order valence-electron chi connectivity index (χ0n) is 30.3. The van der Waals surface area contributed by atoms with Crippen LogP contribution in [0.3, 0.4) is 0 Å². The van der Waals surface area contributed by atoms with Crippen molar-refractivity contribution >= 4 is 30.0 Å². The van der Waals surface area contributed by atoms with Crippen molar-refractivity contribution in [1.29, 1.82) is 0 Å². The molecule has 1 aliphatic carbocycles. The van der Waals surface area contributed by atoms with Crippen molar-refractivity contribution in [3.8, 4) is 0 Å². The van der Waals surface area contributed by atoms with Gasteiger partial charge in [-0.15, -0.1) is 0 Å². The molecule has 10 heteroatoms. The van der Waals surface area contributed by atoms with E-state index in [2.05, 4.69) is 134 Å². The fourth-order valence-corrected chi connectivity index (χ4v) is 7.61. The van der Waals surface area contributed by atoms with Gasteiger partial charge in [-0.1, -0.05) is 89.1 Å². The SMILES string of the molecule is CCCCN1/C(=C\C=C2/CCCC(/C=C/C3=[N+](CCCC)c4ccccc4C3(C)C)=C2n2cncn2)C(C)(C)c2ccccc21.F[B-](F)(F)F. The fraction of sp³-hybridized carbons (Fsp3) is 0.425. The summed E-state index contributed by atoms with van der Waals surface area (Å²) in [4.78, 5) is 6.92. The van der Waals surface area contributed by atoms with E-state index in [4.69, 9.17) is 0 Å². The monoisotopic (exact) mass is 687 g/mol. The Morgan fingerprint density at radius 3 is 2.20 bits per heavy atom. The standard InChI is InChI=1S/C40H50N5.BF4/c1-7-9-26-43-34-20-13-11-18-32(34)39(3,4)36(43)24-22-30-16-15-17-31(38(30)45-29-41-28-42-45)23-25-37-40(5,6)33-19-12-14-21-35(33)44(37)27-10-8-2;2-1(3,4)5/h11-14,18-25,28-29H,7-10,15-17,26-27H2,1-6H3;/q+1;-1. The van der Waals surface area contributed by atoms with Gasteiger partial charge in [-0.05, 0) is 68.4 Å². The van der Waals surface area contributed by atoms with Crippen LogP contribution < -0.4 is 4.90 Å². The molecule has 266 valence electrons. The van der Waals surface area contributed by atoms with Crippen molar-refractivity contribution in [2.75, 3.05) is 18.0 Å². The van der Waals surface area contributed by atoms with E-state index in [1.807, 2.05) is 11.0 Å². The van der Waals surface area contributed by atoms with Crippen molar-refractivity contribution < 1.29 is 21.8 Å². The molecule has 0 saturated carbocycles. The molecule has 0 atom stereocenters. The summed E-state index contributed by atoms with van der Waals surface area (Å²) in [6.07, 6.45) is 20.9. The Morgan fingerprint density at radius 1 is 0.840 bits per heavy atom. The van der Waals surface area contributed by atoms with Crippen LogP contribution in [0.15, 0.2) is 102 Å². The third-order valence-corrected chi connectivity index (χ3v) is 10.1. The lowest BCUT2D eigenvalue weighted by molar-refractivity contribution is -0.438. The van der Waals surface area contributed by atoms with Gasteiger partial charge in [-0.2, -0.15) is 9.67 Å². The maximum absolute atomic E-state index is 9.75. The quantitative estimate of drug-likeness (QED) is 0.121. The van der Waals surface area contributed by atoms with Gasteiger partial charge < -0.3 is 22.2 Å². The molecule has 0 spiro atoms. The van der Waals surface area contributed by atoms with Gasteiger partial charge in [-0.25, -0.2) is 9.67 Å². The summed E-state index contributed by atoms with van der Waals surface area (Å²) in [6.45, 7) is 16.1. The predicted octanol–water partition coefficient (Wildman–Crippen LogP) is 10.8. The molecule has 0 radical (unpaired) electrons. The third kappa shape index (κ3) is 7.89. The number of benzene rings is 2. The maximum atomic E-state index is 9.75. The van der Waals surface area contributed by atoms with Gasteiger partial charge in [0.2, 0.25) is 5.69 Å². The first-order chi connectivity index (χ1) is 23.8. The third-order valence-electron chi connectivity index (χ3n) is 10.1. The first-order valence-electron chi connectivity index (χ1n) is 18.0.